The molecule has 0 aliphatic carbocycles. The standard InChI is InChI=1S/C18H38O3/c1-9-16(6,20-8)13-15(5)21-17(7,10-2)18(11-3,12-4)14-19/h15,19H,9-14H2,1-8H3. The van der Waals surface area contributed by atoms with Crippen molar-refractivity contribution >= 4 is 0 Å². The minimum absolute atomic E-state index is 0.101. The summed E-state index contributed by atoms with van der Waals surface area (Å²) in [6, 6.07) is 0. The summed E-state index contributed by atoms with van der Waals surface area (Å²) < 4.78 is 12.1. The Hall–Kier alpha value is -0.120. The van der Waals surface area contributed by atoms with Gasteiger partial charge in [0.1, 0.15) is 0 Å². The van der Waals surface area contributed by atoms with Gasteiger partial charge in [-0.15, -0.1) is 0 Å². The van der Waals surface area contributed by atoms with E-state index in [0.717, 1.165) is 32.1 Å². The van der Waals surface area contributed by atoms with Gasteiger partial charge >= 0.3 is 0 Å². The van der Waals surface area contributed by atoms with Crippen molar-refractivity contribution in [3.05, 3.63) is 0 Å². The van der Waals surface area contributed by atoms with Crippen LogP contribution in [0.25, 0.3) is 0 Å². The Balaban J connectivity index is 5.12. The molecule has 128 valence electrons. The maximum absolute atomic E-state index is 9.98. The zero-order valence-electron chi connectivity index (χ0n) is 15.6. The van der Waals surface area contributed by atoms with Crippen LogP contribution in [0.3, 0.4) is 0 Å². The van der Waals surface area contributed by atoms with Crippen LogP contribution in [0.4, 0.5) is 0 Å². The monoisotopic (exact) mass is 302 g/mol. The molecule has 0 aromatic rings. The molecule has 3 atom stereocenters. The second-order valence-electron chi connectivity index (χ2n) is 6.87. The highest BCUT2D eigenvalue weighted by molar-refractivity contribution is 4.96. The summed E-state index contributed by atoms with van der Waals surface area (Å²) in [6.07, 6.45) is 4.68. The van der Waals surface area contributed by atoms with E-state index in [0.29, 0.717) is 0 Å². The first kappa shape index (κ1) is 20.9. The molecule has 0 aliphatic rings. The van der Waals surface area contributed by atoms with Crippen LogP contribution in [-0.2, 0) is 9.47 Å². The van der Waals surface area contributed by atoms with Crippen molar-refractivity contribution in [2.75, 3.05) is 13.7 Å². The first-order valence-electron chi connectivity index (χ1n) is 8.55. The second-order valence-corrected chi connectivity index (χ2v) is 6.87. The van der Waals surface area contributed by atoms with Crippen molar-refractivity contribution in [1.82, 2.24) is 0 Å². The van der Waals surface area contributed by atoms with Crippen LogP contribution in [0.15, 0.2) is 0 Å². The van der Waals surface area contributed by atoms with E-state index < -0.39 is 0 Å². The molecule has 21 heavy (non-hydrogen) atoms. The zero-order valence-corrected chi connectivity index (χ0v) is 15.6. The van der Waals surface area contributed by atoms with Gasteiger partial charge in [-0.3, -0.25) is 0 Å². The van der Waals surface area contributed by atoms with E-state index in [9.17, 15) is 5.11 Å². The zero-order chi connectivity index (χ0) is 16.7. The fourth-order valence-electron chi connectivity index (χ4n) is 3.44. The van der Waals surface area contributed by atoms with Crippen LogP contribution >= 0.6 is 0 Å². The lowest BCUT2D eigenvalue weighted by Gasteiger charge is -2.48. The van der Waals surface area contributed by atoms with Gasteiger partial charge in [0.15, 0.2) is 0 Å². The molecule has 0 aromatic carbocycles. The maximum Gasteiger partial charge on any atom is 0.0733 e. The summed E-state index contributed by atoms with van der Waals surface area (Å²) in [5.41, 5.74) is -0.632. The Morgan fingerprint density at radius 1 is 0.952 bits per heavy atom. The van der Waals surface area contributed by atoms with Crippen molar-refractivity contribution in [1.29, 1.82) is 0 Å². The van der Waals surface area contributed by atoms with Gasteiger partial charge in [-0.2, -0.15) is 0 Å². The summed E-state index contributed by atoms with van der Waals surface area (Å²) in [4.78, 5) is 0. The highest BCUT2D eigenvalue weighted by Crippen LogP contribution is 2.44. The first-order valence-corrected chi connectivity index (χ1v) is 8.55. The molecule has 0 radical (unpaired) electrons. The minimum atomic E-state index is -0.312. The number of ether oxygens (including phenoxy) is 2. The van der Waals surface area contributed by atoms with Crippen LogP contribution in [0, 0.1) is 5.41 Å². The van der Waals surface area contributed by atoms with E-state index in [-0.39, 0.29) is 29.3 Å². The number of methoxy groups -OCH3 is 1. The lowest BCUT2D eigenvalue weighted by atomic mass is 9.68. The fraction of sp³-hybridized carbons (Fsp3) is 1.00. The minimum Gasteiger partial charge on any atom is -0.396 e. The van der Waals surface area contributed by atoms with E-state index >= 15 is 0 Å². The highest BCUT2D eigenvalue weighted by atomic mass is 16.5. The van der Waals surface area contributed by atoms with Crippen LogP contribution in [-0.4, -0.2) is 36.1 Å². The molecule has 0 spiro atoms. The van der Waals surface area contributed by atoms with Crippen LogP contribution in [0.5, 0.6) is 0 Å². The van der Waals surface area contributed by atoms with Crippen molar-refractivity contribution in [2.24, 2.45) is 5.41 Å². The summed E-state index contributed by atoms with van der Waals surface area (Å²) in [7, 11) is 1.77. The molecule has 0 fully saturated rings. The van der Waals surface area contributed by atoms with Crippen LogP contribution < -0.4 is 0 Å². The van der Waals surface area contributed by atoms with E-state index in [4.69, 9.17) is 9.47 Å². The fourth-order valence-corrected chi connectivity index (χ4v) is 3.44. The van der Waals surface area contributed by atoms with Gasteiger partial charge in [0.05, 0.1) is 23.9 Å². The van der Waals surface area contributed by atoms with E-state index in [2.05, 4.69) is 48.5 Å². The quantitative estimate of drug-likeness (QED) is 0.608. The summed E-state index contributed by atoms with van der Waals surface area (Å²) >= 11 is 0. The third kappa shape index (κ3) is 4.67. The van der Waals surface area contributed by atoms with Gasteiger partial charge in [0.2, 0.25) is 0 Å². The Morgan fingerprint density at radius 3 is 1.76 bits per heavy atom. The van der Waals surface area contributed by atoms with Crippen molar-refractivity contribution < 1.29 is 14.6 Å². The van der Waals surface area contributed by atoms with Crippen LogP contribution in [0.1, 0.15) is 80.6 Å². The van der Waals surface area contributed by atoms with Gasteiger partial charge in [0.25, 0.3) is 0 Å². The topological polar surface area (TPSA) is 38.7 Å². The predicted octanol–water partition coefficient (Wildman–Crippen LogP) is 4.56. The molecule has 0 heterocycles. The van der Waals surface area contributed by atoms with Gasteiger partial charge < -0.3 is 14.6 Å². The van der Waals surface area contributed by atoms with Crippen molar-refractivity contribution in [2.45, 2.75) is 97.9 Å². The Bertz CT molecular complexity index is 274. The Kier molecular flexibility index (Phi) is 8.45. The largest absolute Gasteiger partial charge is 0.396 e. The van der Waals surface area contributed by atoms with Crippen molar-refractivity contribution in [3.8, 4) is 0 Å². The Labute approximate surface area is 132 Å². The summed E-state index contributed by atoms with van der Waals surface area (Å²) in [5, 5.41) is 9.98. The number of aliphatic hydroxyl groups excluding tert-OH is 1. The van der Waals surface area contributed by atoms with E-state index in [1.165, 1.54) is 0 Å². The van der Waals surface area contributed by atoms with Crippen LogP contribution in [0.2, 0.25) is 0 Å². The maximum atomic E-state index is 9.98. The van der Waals surface area contributed by atoms with Crippen molar-refractivity contribution in [3.63, 3.8) is 0 Å². The molecule has 0 rings (SSSR count). The molecule has 0 saturated heterocycles. The number of hydrogen-bond acceptors (Lipinski definition) is 3. The van der Waals surface area contributed by atoms with Gasteiger partial charge in [-0.25, -0.2) is 0 Å². The van der Waals surface area contributed by atoms with Gasteiger partial charge in [-0.1, -0.05) is 27.7 Å². The number of hydrogen-bond donors (Lipinski definition) is 1. The molecule has 1 N–H and O–H groups in total. The average molecular weight is 302 g/mol. The molecule has 0 saturated carbocycles. The van der Waals surface area contributed by atoms with Gasteiger partial charge in [-0.05, 0) is 46.5 Å². The molecule has 3 unspecified atom stereocenters. The predicted molar refractivity (Wildman–Crippen MR) is 89.7 cm³/mol. The summed E-state index contributed by atoms with van der Waals surface area (Å²) in [5.74, 6) is 0. The third-order valence-corrected chi connectivity index (χ3v) is 5.87. The summed E-state index contributed by atoms with van der Waals surface area (Å²) in [6.45, 7) is 15.2. The SMILES string of the molecule is CCC(C)(CC(C)OC(C)(CC)C(CC)(CC)CO)OC. The number of rotatable bonds is 11. The second kappa shape index (κ2) is 8.50. The smallest absolute Gasteiger partial charge is 0.0733 e. The third-order valence-electron chi connectivity index (χ3n) is 5.87. The van der Waals surface area contributed by atoms with E-state index in [1.807, 2.05) is 0 Å². The molecule has 3 nitrogen and oxygen atoms in total. The molecule has 0 aliphatic heterocycles. The normalized spacial score (nSPS) is 19.9. The molecule has 0 aromatic heterocycles. The molecular formula is C18H38O3. The average Bonchev–Trinajstić information content (AvgIpc) is 2.49. The Morgan fingerprint density at radius 2 is 1.48 bits per heavy atom. The molecular weight excluding hydrogens is 264 g/mol. The lowest BCUT2D eigenvalue weighted by Crippen LogP contribution is -2.51. The van der Waals surface area contributed by atoms with E-state index in [1.54, 1.807) is 7.11 Å². The first-order chi connectivity index (χ1) is 9.71. The highest BCUT2D eigenvalue weighted by Gasteiger charge is 2.46. The lowest BCUT2D eigenvalue weighted by molar-refractivity contribution is -0.185. The molecule has 0 bridgehead atoms. The number of aliphatic hydroxyl groups is 1. The molecule has 3 heteroatoms. The van der Waals surface area contributed by atoms with Gasteiger partial charge in [0, 0.05) is 18.9 Å². The molecule has 0 amide bonds.